The molecule has 11 nitrogen and oxygen atoms in total. The first kappa shape index (κ1) is 24.9. The van der Waals surface area contributed by atoms with Gasteiger partial charge in [0, 0.05) is 0 Å². The Balaban J connectivity index is 1.52. The topological polar surface area (TPSA) is 162 Å². The van der Waals surface area contributed by atoms with E-state index in [1.54, 1.807) is 13.8 Å². The molecule has 0 aromatic heterocycles. The molecule has 3 heterocycles. The molecule has 0 bridgehead atoms. The van der Waals surface area contributed by atoms with Crippen LogP contribution in [0.5, 0.6) is 0 Å². The second kappa shape index (κ2) is 10.2. The zero-order chi connectivity index (χ0) is 23.8. The Morgan fingerprint density at radius 1 is 1.03 bits per heavy atom. The second-order valence-electron chi connectivity index (χ2n) is 9.01. The lowest BCUT2D eigenvalue weighted by atomic mass is 9.94. The first-order valence-electron chi connectivity index (χ1n) is 11.0. The Hall–Kier alpha value is -1.22. The number of benzene rings is 1. The smallest absolute Gasteiger partial charge is 0.187 e. The van der Waals surface area contributed by atoms with Gasteiger partial charge < -0.3 is 54.6 Å². The van der Waals surface area contributed by atoms with Gasteiger partial charge >= 0.3 is 0 Å². The Morgan fingerprint density at radius 3 is 2.45 bits per heavy atom. The van der Waals surface area contributed by atoms with E-state index >= 15 is 0 Å². The average Bonchev–Trinajstić information content (AvgIpc) is 2.80. The fraction of sp³-hybridized carbons (Fsp3) is 0.727. The van der Waals surface area contributed by atoms with Gasteiger partial charge in [0.1, 0.15) is 42.7 Å². The number of hydrogen-bond donors (Lipinski definition) is 5. The number of aliphatic hydroxyl groups excluding tert-OH is 4. The molecule has 0 spiro atoms. The highest BCUT2D eigenvalue weighted by Gasteiger charge is 2.54. The Bertz CT molecular complexity index is 765. The third-order valence-electron chi connectivity index (χ3n) is 6.10. The normalized spacial score (nSPS) is 43.1. The van der Waals surface area contributed by atoms with Crippen LogP contribution in [-0.2, 0) is 35.0 Å². The van der Waals surface area contributed by atoms with E-state index in [1.807, 2.05) is 30.3 Å². The van der Waals surface area contributed by atoms with Crippen LogP contribution in [0.1, 0.15) is 19.4 Å². The van der Waals surface area contributed by atoms with E-state index < -0.39 is 73.7 Å². The highest BCUT2D eigenvalue weighted by molar-refractivity contribution is 5.13. The maximum absolute atomic E-state index is 10.4. The molecule has 6 unspecified atom stereocenters. The Kier molecular flexibility index (Phi) is 7.68. The molecule has 186 valence electrons. The largest absolute Gasteiger partial charge is 0.394 e. The van der Waals surface area contributed by atoms with Crippen molar-refractivity contribution < 1.29 is 48.8 Å². The van der Waals surface area contributed by atoms with E-state index in [9.17, 15) is 20.4 Å². The minimum absolute atomic E-state index is 0.199. The van der Waals surface area contributed by atoms with Gasteiger partial charge in [0.15, 0.2) is 18.4 Å². The molecule has 11 heteroatoms. The maximum Gasteiger partial charge on any atom is 0.187 e. The summed E-state index contributed by atoms with van der Waals surface area (Å²) < 4.78 is 35.3. The minimum atomic E-state index is -1.58. The third-order valence-corrected chi connectivity index (χ3v) is 6.10. The highest BCUT2D eigenvalue weighted by Crippen LogP contribution is 2.35. The van der Waals surface area contributed by atoms with Crippen LogP contribution in [0.25, 0.3) is 0 Å². The summed E-state index contributed by atoms with van der Waals surface area (Å²) in [5, 5.41) is 40.1. The Labute approximate surface area is 191 Å². The summed E-state index contributed by atoms with van der Waals surface area (Å²) in [5.74, 6) is -0.932. The molecule has 3 aliphatic heterocycles. The SMILES string of the molecule is CC1(C)OCC2O[C@@H](OCc3ccccc3)C(N)C(O[C@@H]3OC(CO)[C@H](O)C(O)C3O)[C@@H]2O1. The summed E-state index contributed by atoms with van der Waals surface area (Å²) in [5.41, 5.74) is 7.41. The van der Waals surface area contributed by atoms with E-state index in [1.165, 1.54) is 0 Å². The molecule has 4 rings (SSSR count). The van der Waals surface area contributed by atoms with Crippen LogP contribution >= 0.6 is 0 Å². The molecular weight excluding hydrogens is 438 g/mol. The van der Waals surface area contributed by atoms with Gasteiger partial charge in [0.25, 0.3) is 0 Å². The minimum Gasteiger partial charge on any atom is -0.394 e. The van der Waals surface area contributed by atoms with Crippen LogP contribution in [0.15, 0.2) is 30.3 Å². The lowest BCUT2D eigenvalue weighted by Gasteiger charge is -2.51. The molecule has 0 saturated carbocycles. The molecule has 33 heavy (non-hydrogen) atoms. The average molecular weight is 472 g/mol. The van der Waals surface area contributed by atoms with Crippen LogP contribution in [0.4, 0.5) is 0 Å². The molecule has 3 fully saturated rings. The fourth-order valence-corrected chi connectivity index (χ4v) is 4.25. The van der Waals surface area contributed by atoms with E-state index in [-0.39, 0.29) is 13.2 Å². The molecule has 0 amide bonds. The number of hydrogen-bond acceptors (Lipinski definition) is 11. The molecule has 3 aliphatic rings. The van der Waals surface area contributed by atoms with E-state index in [4.69, 9.17) is 34.2 Å². The fourth-order valence-electron chi connectivity index (χ4n) is 4.25. The van der Waals surface area contributed by atoms with Gasteiger partial charge in [-0.25, -0.2) is 0 Å². The molecule has 0 radical (unpaired) electrons. The van der Waals surface area contributed by atoms with Crippen LogP contribution in [0, 0.1) is 0 Å². The van der Waals surface area contributed by atoms with Gasteiger partial charge in [0.2, 0.25) is 0 Å². The first-order chi connectivity index (χ1) is 15.7. The molecule has 10 atom stereocenters. The van der Waals surface area contributed by atoms with Crippen molar-refractivity contribution in [3.8, 4) is 0 Å². The Morgan fingerprint density at radius 2 is 1.76 bits per heavy atom. The lowest BCUT2D eigenvalue weighted by molar-refractivity contribution is -0.392. The summed E-state index contributed by atoms with van der Waals surface area (Å²) >= 11 is 0. The third kappa shape index (κ3) is 5.39. The van der Waals surface area contributed by atoms with Crippen molar-refractivity contribution in [1.29, 1.82) is 0 Å². The monoisotopic (exact) mass is 471 g/mol. The number of ether oxygens (including phenoxy) is 6. The van der Waals surface area contributed by atoms with Gasteiger partial charge in [-0.3, -0.25) is 0 Å². The number of nitrogens with two attached hydrogens (primary N) is 1. The molecular formula is C22H33NO10. The summed E-state index contributed by atoms with van der Waals surface area (Å²) in [4.78, 5) is 0. The second-order valence-corrected chi connectivity index (χ2v) is 9.01. The predicted molar refractivity (Wildman–Crippen MR) is 111 cm³/mol. The van der Waals surface area contributed by atoms with Gasteiger partial charge in [-0.2, -0.15) is 0 Å². The number of rotatable bonds is 6. The molecule has 0 aliphatic carbocycles. The van der Waals surface area contributed by atoms with E-state index in [2.05, 4.69) is 0 Å². The standard InChI is InChI=1S/C22H33NO10/c1-22(2)29-10-13-18(33-22)19(32-21-17(27)16(26)15(25)12(8-24)30-21)14(23)20(31-13)28-9-11-6-4-3-5-7-11/h3-7,12-21,24-27H,8-10,23H2,1-2H3/t12?,13?,14?,15-,16?,17?,18+,19?,20+,21-/m0/s1. The van der Waals surface area contributed by atoms with Crippen LogP contribution in [-0.4, -0.2) is 101 Å². The summed E-state index contributed by atoms with van der Waals surface area (Å²) in [6.45, 7) is 3.37. The zero-order valence-electron chi connectivity index (χ0n) is 18.6. The highest BCUT2D eigenvalue weighted by atomic mass is 16.8. The molecule has 3 saturated heterocycles. The maximum atomic E-state index is 10.4. The lowest BCUT2D eigenvalue weighted by Crippen LogP contribution is -2.69. The van der Waals surface area contributed by atoms with Crippen molar-refractivity contribution in [1.82, 2.24) is 0 Å². The van der Waals surface area contributed by atoms with Gasteiger partial charge in [-0.1, -0.05) is 30.3 Å². The van der Waals surface area contributed by atoms with Crippen LogP contribution in [0.2, 0.25) is 0 Å². The van der Waals surface area contributed by atoms with Crippen molar-refractivity contribution >= 4 is 0 Å². The van der Waals surface area contributed by atoms with Gasteiger partial charge in [-0.15, -0.1) is 0 Å². The molecule has 1 aromatic carbocycles. The van der Waals surface area contributed by atoms with Crippen molar-refractivity contribution in [3.63, 3.8) is 0 Å². The first-order valence-corrected chi connectivity index (χ1v) is 11.0. The summed E-state index contributed by atoms with van der Waals surface area (Å²) in [6.07, 6.45) is -10.2. The van der Waals surface area contributed by atoms with Gasteiger partial charge in [0.05, 0.1) is 25.9 Å². The summed E-state index contributed by atoms with van der Waals surface area (Å²) in [6, 6.07) is 8.66. The van der Waals surface area contributed by atoms with Crippen molar-refractivity contribution in [2.45, 2.75) is 87.6 Å². The van der Waals surface area contributed by atoms with Crippen LogP contribution < -0.4 is 5.73 Å². The van der Waals surface area contributed by atoms with Crippen LogP contribution in [0.3, 0.4) is 0 Å². The van der Waals surface area contributed by atoms with Crippen molar-refractivity contribution in [3.05, 3.63) is 35.9 Å². The molecule has 6 N–H and O–H groups in total. The predicted octanol–water partition coefficient (Wildman–Crippen LogP) is -1.41. The van der Waals surface area contributed by atoms with E-state index in [0.717, 1.165) is 5.56 Å². The van der Waals surface area contributed by atoms with Gasteiger partial charge in [-0.05, 0) is 19.4 Å². The summed E-state index contributed by atoms with van der Waals surface area (Å²) in [7, 11) is 0. The van der Waals surface area contributed by atoms with E-state index in [0.29, 0.717) is 0 Å². The molecule has 1 aromatic rings. The zero-order valence-corrected chi connectivity index (χ0v) is 18.6. The van der Waals surface area contributed by atoms with Crippen molar-refractivity contribution in [2.24, 2.45) is 5.73 Å². The number of aliphatic hydroxyl groups is 4. The quantitative estimate of drug-likeness (QED) is 0.331. The number of fused-ring (bicyclic) bond motifs is 1. The van der Waals surface area contributed by atoms with Crippen molar-refractivity contribution in [2.75, 3.05) is 13.2 Å².